The van der Waals surface area contributed by atoms with Gasteiger partial charge in [0, 0.05) is 23.9 Å². The summed E-state index contributed by atoms with van der Waals surface area (Å²) in [5.74, 6) is 0.285. The fraction of sp³-hybridized carbons (Fsp3) is 0.294. The number of amides is 1. The average molecular weight is 356 g/mol. The Kier molecular flexibility index (Phi) is 5.08. The van der Waals surface area contributed by atoms with Crippen LogP contribution in [-0.2, 0) is 4.79 Å². The summed E-state index contributed by atoms with van der Waals surface area (Å²) in [7, 11) is 0. The fourth-order valence-electron chi connectivity index (χ4n) is 2.34. The van der Waals surface area contributed by atoms with Crippen LogP contribution in [0.1, 0.15) is 24.0 Å². The van der Waals surface area contributed by atoms with E-state index >= 15 is 0 Å². The summed E-state index contributed by atoms with van der Waals surface area (Å²) in [5.41, 5.74) is 8.42. The average Bonchev–Trinajstić information content (AvgIpc) is 3.23. The van der Waals surface area contributed by atoms with Gasteiger partial charge in [-0.3, -0.25) is 15.6 Å². The molecular formula is C17H20N6OS. The molecule has 1 aromatic heterocycles. The molecule has 1 aromatic carbocycles. The van der Waals surface area contributed by atoms with Crippen molar-refractivity contribution >= 4 is 29.4 Å². The predicted octanol–water partition coefficient (Wildman–Crippen LogP) is 1.69. The van der Waals surface area contributed by atoms with Crippen molar-refractivity contribution in [3.63, 3.8) is 0 Å². The number of nitrogens with one attached hydrogen (secondary N) is 3. The Hall–Kier alpha value is -2.74. The molecule has 1 amide bonds. The van der Waals surface area contributed by atoms with Gasteiger partial charge in [-0.15, -0.1) is 5.10 Å². The number of hydrazine groups is 1. The highest BCUT2D eigenvalue weighted by Gasteiger charge is 2.21. The van der Waals surface area contributed by atoms with E-state index < -0.39 is 0 Å². The lowest BCUT2D eigenvalue weighted by Crippen LogP contribution is -2.46. The van der Waals surface area contributed by atoms with Gasteiger partial charge in [-0.2, -0.15) is 0 Å². The van der Waals surface area contributed by atoms with E-state index in [0.29, 0.717) is 17.0 Å². The van der Waals surface area contributed by atoms with Gasteiger partial charge in [-0.1, -0.05) is 17.2 Å². The lowest BCUT2D eigenvalue weighted by atomic mass is 10.1. The summed E-state index contributed by atoms with van der Waals surface area (Å²) in [6.45, 7) is 4.07. The summed E-state index contributed by atoms with van der Waals surface area (Å²) in [4.78, 5) is 16.1. The van der Waals surface area contributed by atoms with Crippen LogP contribution in [0.15, 0.2) is 30.6 Å². The number of nitrogens with zero attached hydrogens (tertiary/aromatic N) is 3. The van der Waals surface area contributed by atoms with Gasteiger partial charge in [-0.05, 0) is 51.0 Å². The normalized spacial score (nSPS) is 13.7. The van der Waals surface area contributed by atoms with E-state index in [2.05, 4.69) is 32.3 Å². The lowest BCUT2D eigenvalue weighted by Gasteiger charge is -2.08. The maximum absolute atomic E-state index is 11.8. The molecule has 1 heterocycles. The molecular weight excluding hydrogens is 336 g/mol. The number of hydrogen-bond acceptors (Lipinski definition) is 4. The second-order valence-electron chi connectivity index (χ2n) is 6.10. The molecule has 25 heavy (non-hydrogen) atoms. The zero-order valence-corrected chi connectivity index (χ0v) is 14.9. The molecule has 0 unspecified atom stereocenters. The first-order chi connectivity index (χ1) is 12.0. The Morgan fingerprint density at radius 1 is 1.24 bits per heavy atom. The molecule has 2 aromatic rings. The van der Waals surface area contributed by atoms with Crippen LogP contribution in [0.25, 0.3) is 17.6 Å². The Balaban J connectivity index is 1.55. The number of rotatable bonds is 4. The van der Waals surface area contributed by atoms with Crippen LogP contribution in [-0.4, -0.2) is 31.8 Å². The first-order valence-corrected chi connectivity index (χ1v) is 8.45. The van der Waals surface area contributed by atoms with E-state index in [0.717, 1.165) is 29.5 Å². The molecule has 3 N–H and O–H groups in total. The van der Waals surface area contributed by atoms with Gasteiger partial charge >= 0.3 is 0 Å². The van der Waals surface area contributed by atoms with Crippen molar-refractivity contribution in [2.24, 2.45) is 0 Å². The molecule has 0 atom stereocenters. The number of benzene rings is 1. The van der Waals surface area contributed by atoms with Gasteiger partial charge < -0.3 is 5.32 Å². The van der Waals surface area contributed by atoms with E-state index in [1.807, 2.05) is 26.0 Å². The molecule has 0 spiro atoms. The third kappa shape index (κ3) is 5.12. The Morgan fingerprint density at radius 2 is 1.96 bits per heavy atom. The van der Waals surface area contributed by atoms with E-state index in [4.69, 9.17) is 12.2 Å². The molecule has 1 aliphatic rings. The highest BCUT2D eigenvalue weighted by molar-refractivity contribution is 7.80. The second kappa shape index (κ2) is 7.43. The van der Waals surface area contributed by atoms with Crippen LogP contribution in [0, 0.1) is 13.8 Å². The molecule has 0 saturated heterocycles. The van der Waals surface area contributed by atoms with Crippen molar-refractivity contribution in [3.05, 3.63) is 41.7 Å². The topological polar surface area (TPSA) is 83.9 Å². The van der Waals surface area contributed by atoms with Crippen LogP contribution in [0.3, 0.4) is 0 Å². The Bertz CT molecular complexity index is 804. The first kappa shape index (κ1) is 17.1. The second-order valence-corrected chi connectivity index (χ2v) is 6.51. The number of aryl methyl sites for hydroxylation is 2. The zero-order valence-electron chi connectivity index (χ0n) is 14.1. The highest BCUT2D eigenvalue weighted by Crippen LogP contribution is 2.18. The lowest BCUT2D eigenvalue weighted by molar-refractivity contribution is -0.117. The Labute approximate surface area is 151 Å². The van der Waals surface area contributed by atoms with Crippen molar-refractivity contribution in [1.82, 2.24) is 30.9 Å². The minimum atomic E-state index is -0.330. The van der Waals surface area contributed by atoms with Crippen molar-refractivity contribution in [3.8, 4) is 11.4 Å². The summed E-state index contributed by atoms with van der Waals surface area (Å²) < 4.78 is 1.49. The smallest absolute Gasteiger partial charge is 0.263 e. The third-order valence-electron chi connectivity index (χ3n) is 3.58. The van der Waals surface area contributed by atoms with Gasteiger partial charge in [0.05, 0.1) is 0 Å². The number of hydrogen-bond donors (Lipinski definition) is 3. The molecule has 1 aliphatic carbocycles. The number of thiocarbonyl (C=S) groups is 1. The SMILES string of the molecule is Cc1cc(C)cc(-c2ncn(/C=C\C(=O)NNC(=S)NC3CC3)n2)c1. The van der Waals surface area contributed by atoms with Gasteiger partial charge in [0.25, 0.3) is 5.91 Å². The van der Waals surface area contributed by atoms with E-state index in [1.54, 1.807) is 6.33 Å². The highest BCUT2D eigenvalue weighted by atomic mass is 32.1. The molecule has 130 valence electrons. The molecule has 7 nitrogen and oxygen atoms in total. The number of carbonyl (C=O) groups is 1. The van der Waals surface area contributed by atoms with Crippen LogP contribution < -0.4 is 16.2 Å². The summed E-state index contributed by atoms with van der Waals surface area (Å²) in [6.07, 6.45) is 6.68. The largest absolute Gasteiger partial charge is 0.359 e. The van der Waals surface area contributed by atoms with Gasteiger partial charge in [0.1, 0.15) is 6.33 Å². The molecule has 1 fully saturated rings. The van der Waals surface area contributed by atoms with E-state index in [9.17, 15) is 4.79 Å². The van der Waals surface area contributed by atoms with Crippen molar-refractivity contribution in [2.75, 3.05) is 0 Å². The standard InChI is InChI=1S/C17H20N6OS/c1-11-7-12(2)9-13(8-11)16-18-10-23(22-16)6-5-15(24)20-21-17(25)19-14-3-4-14/h5-10,14H,3-4H2,1-2H3,(H,20,24)(H2,19,21,25)/b6-5-. The van der Waals surface area contributed by atoms with Crippen LogP contribution in [0.5, 0.6) is 0 Å². The Morgan fingerprint density at radius 3 is 2.64 bits per heavy atom. The molecule has 0 aliphatic heterocycles. The first-order valence-electron chi connectivity index (χ1n) is 8.04. The summed E-state index contributed by atoms with van der Waals surface area (Å²) in [6, 6.07) is 6.59. The van der Waals surface area contributed by atoms with Gasteiger partial charge in [0.2, 0.25) is 0 Å². The minimum Gasteiger partial charge on any atom is -0.359 e. The summed E-state index contributed by atoms with van der Waals surface area (Å²) in [5, 5.41) is 7.84. The van der Waals surface area contributed by atoms with Crippen LogP contribution >= 0.6 is 12.2 Å². The molecule has 3 rings (SSSR count). The molecule has 1 saturated carbocycles. The quantitative estimate of drug-likeness (QED) is 0.439. The predicted molar refractivity (Wildman–Crippen MR) is 100 cm³/mol. The molecule has 0 radical (unpaired) electrons. The monoisotopic (exact) mass is 356 g/mol. The van der Waals surface area contributed by atoms with Gasteiger partial charge in [0.15, 0.2) is 10.9 Å². The number of aromatic nitrogens is 3. The summed E-state index contributed by atoms with van der Waals surface area (Å²) >= 11 is 5.06. The van der Waals surface area contributed by atoms with Crippen LogP contribution in [0.4, 0.5) is 0 Å². The maximum Gasteiger partial charge on any atom is 0.263 e. The minimum absolute atomic E-state index is 0.330. The van der Waals surface area contributed by atoms with Crippen LogP contribution in [0.2, 0.25) is 0 Å². The van der Waals surface area contributed by atoms with E-state index in [1.165, 1.54) is 17.0 Å². The maximum atomic E-state index is 11.8. The van der Waals surface area contributed by atoms with E-state index in [-0.39, 0.29) is 5.91 Å². The number of carbonyl (C=O) groups excluding carboxylic acids is 1. The third-order valence-corrected chi connectivity index (χ3v) is 3.80. The van der Waals surface area contributed by atoms with Crippen molar-refractivity contribution < 1.29 is 4.79 Å². The molecule has 0 bridgehead atoms. The molecule has 8 heteroatoms. The van der Waals surface area contributed by atoms with Crippen molar-refractivity contribution in [2.45, 2.75) is 32.7 Å². The zero-order chi connectivity index (χ0) is 17.8. The fourth-order valence-corrected chi connectivity index (χ4v) is 2.55. The van der Waals surface area contributed by atoms with Gasteiger partial charge in [-0.25, -0.2) is 9.67 Å². The van der Waals surface area contributed by atoms with Crippen molar-refractivity contribution in [1.29, 1.82) is 0 Å².